The van der Waals surface area contributed by atoms with E-state index in [1.165, 1.54) is 18.4 Å². The molecule has 0 spiro atoms. The van der Waals surface area contributed by atoms with E-state index >= 15 is 0 Å². The van der Waals surface area contributed by atoms with Gasteiger partial charge in [0.15, 0.2) is 0 Å². The Labute approximate surface area is 122 Å². The number of nitrogens with zero attached hydrogens (tertiary/aromatic N) is 1. The zero-order valence-corrected chi connectivity index (χ0v) is 12.7. The van der Waals surface area contributed by atoms with Crippen LogP contribution in [0.2, 0.25) is 0 Å². The molecule has 0 amide bonds. The largest absolute Gasteiger partial charge is 0.390 e. The Morgan fingerprint density at radius 3 is 2.40 bits per heavy atom. The van der Waals surface area contributed by atoms with E-state index < -0.39 is 6.10 Å². The molecule has 1 fully saturated rings. The highest BCUT2D eigenvalue weighted by Gasteiger charge is 2.31. The maximum absolute atomic E-state index is 10.4. The van der Waals surface area contributed by atoms with Gasteiger partial charge >= 0.3 is 0 Å². The van der Waals surface area contributed by atoms with Gasteiger partial charge in [-0.15, -0.1) is 0 Å². The van der Waals surface area contributed by atoms with Gasteiger partial charge in [-0.25, -0.2) is 0 Å². The van der Waals surface area contributed by atoms with Crippen LogP contribution >= 0.6 is 0 Å². The first kappa shape index (κ1) is 15.5. The molecular formula is C17H28N2O. The van der Waals surface area contributed by atoms with Crippen molar-refractivity contribution in [1.29, 1.82) is 0 Å². The predicted molar refractivity (Wildman–Crippen MR) is 83.6 cm³/mol. The Morgan fingerprint density at radius 1 is 1.20 bits per heavy atom. The monoisotopic (exact) mass is 276 g/mol. The van der Waals surface area contributed by atoms with Crippen LogP contribution in [0.15, 0.2) is 30.3 Å². The van der Waals surface area contributed by atoms with Crippen molar-refractivity contribution in [2.75, 3.05) is 13.1 Å². The third kappa shape index (κ3) is 4.89. The molecule has 1 aliphatic carbocycles. The lowest BCUT2D eigenvalue weighted by molar-refractivity contribution is 0.0815. The first-order valence-electron chi connectivity index (χ1n) is 7.78. The van der Waals surface area contributed by atoms with Crippen LogP contribution in [0.4, 0.5) is 0 Å². The average molecular weight is 276 g/mol. The summed E-state index contributed by atoms with van der Waals surface area (Å²) >= 11 is 0. The lowest BCUT2D eigenvalue weighted by atomic mass is 10.0. The van der Waals surface area contributed by atoms with Crippen LogP contribution in [0.1, 0.15) is 32.3 Å². The van der Waals surface area contributed by atoms with Crippen LogP contribution in [0.25, 0.3) is 0 Å². The van der Waals surface area contributed by atoms with E-state index in [2.05, 4.69) is 30.9 Å². The lowest BCUT2D eigenvalue weighted by Crippen LogP contribution is -2.46. The zero-order chi connectivity index (χ0) is 14.5. The summed E-state index contributed by atoms with van der Waals surface area (Å²) in [5.74, 6) is 0.633. The van der Waals surface area contributed by atoms with Gasteiger partial charge in [0.2, 0.25) is 0 Å². The second-order valence-electron chi connectivity index (χ2n) is 6.50. The van der Waals surface area contributed by atoms with E-state index in [9.17, 15) is 5.11 Å². The van der Waals surface area contributed by atoms with Crippen LogP contribution in [0.5, 0.6) is 0 Å². The van der Waals surface area contributed by atoms with Crippen molar-refractivity contribution in [3.8, 4) is 0 Å². The number of aliphatic hydroxyl groups excluding tert-OH is 1. The minimum Gasteiger partial charge on any atom is -0.390 e. The van der Waals surface area contributed by atoms with Gasteiger partial charge in [0.05, 0.1) is 6.10 Å². The summed E-state index contributed by atoms with van der Waals surface area (Å²) in [6.07, 6.45) is 2.83. The van der Waals surface area contributed by atoms with Crippen molar-refractivity contribution in [2.45, 2.75) is 51.3 Å². The molecule has 112 valence electrons. The van der Waals surface area contributed by atoms with Gasteiger partial charge in [0.25, 0.3) is 0 Å². The fourth-order valence-corrected chi connectivity index (χ4v) is 2.68. The number of hydrogen-bond acceptors (Lipinski definition) is 3. The molecule has 1 aliphatic rings. The summed E-state index contributed by atoms with van der Waals surface area (Å²) in [5.41, 5.74) is 7.37. The molecule has 0 radical (unpaired) electrons. The molecule has 2 rings (SSSR count). The lowest BCUT2D eigenvalue weighted by Gasteiger charge is -2.29. The van der Waals surface area contributed by atoms with Crippen LogP contribution < -0.4 is 5.73 Å². The number of rotatable bonds is 8. The minimum absolute atomic E-state index is 0.189. The zero-order valence-electron chi connectivity index (χ0n) is 12.7. The Hall–Kier alpha value is -0.900. The molecule has 0 aromatic heterocycles. The third-order valence-corrected chi connectivity index (χ3v) is 3.89. The molecule has 20 heavy (non-hydrogen) atoms. The minimum atomic E-state index is -0.449. The van der Waals surface area contributed by atoms with Crippen molar-refractivity contribution in [1.82, 2.24) is 4.90 Å². The van der Waals surface area contributed by atoms with Crippen molar-refractivity contribution >= 4 is 0 Å². The van der Waals surface area contributed by atoms with Gasteiger partial charge in [-0.1, -0.05) is 44.2 Å². The fraction of sp³-hybridized carbons (Fsp3) is 0.647. The van der Waals surface area contributed by atoms with Gasteiger partial charge in [-0.2, -0.15) is 0 Å². The summed E-state index contributed by atoms with van der Waals surface area (Å²) < 4.78 is 0. The van der Waals surface area contributed by atoms with Crippen LogP contribution in [0, 0.1) is 5.92 Å². The molecule has 0 heterocycles. The fourth-order valence-electron chi connectivity index (χ4n) is 2.68. The SMILES string of the molecule is CC(C)CN(CC(O)C(N)Cc1ccccc1)C1CC1. The smallest absolute Gasteiger partial charge is 0.0821 e. The summed E-state index contributed by atoms with van der Waals surface area (Å²) in [6.45, 7) is 6.22. The molecule has 0 aliphatic heterocycles. The Kier molecular flexibility index (Phi) is 5.58. The van der Waals surface area contributed by atoms with Crippen LogP contribution in [-0.2, 0) is 6.42 Å². The van der Waals surface area contributed by atoms with Crippen molar-refractivity contribution in [3.63, 3.8) is 0 Å². The van der Waals surface area contributed by atoms with E-state index in [0.29, 0.717) is 18.5 Å². The topological polar surface area (TPSA) is 49.5 Å². The van der Waals surface area contributed by atoms with Gasteiger partial charge < -0.3 is 10.8 Å². The molecule has 2 unspecified atom stereocenters. The molecule has 2 atom stereocenters. The van der Waals surface area contributed by atoms with Crippen molar-refractivity contribution < 1.29 is 5.11 Å². The maximum Gasteiger partial charge on any atom is 0.0821 e. The van der Waals surface area contributed by atoms with E-state index in [1.54, 1.807) is 0 Å². The van der Waals surface area contributed by atoms with E-state index in [-0.39, 0.29) is 6.04 Å². The molecule has 1 aromatic carbocycles. The van der Waals surface area contributed by atoms with Gasteiger partial charge in [-0.05, 0) is 30.7 Å². The molecular weight excluding hydrogens is 248 g/mol. The molecule has 0 saturated heterocycles. The number of nitrogens with two attached hydrogens (primary N) is 1. The van der Waals surface area contributed by atoms with Crippen molar-refractivity contribution in [3.05, 3.63) is 35.9 Å². The van der Waals surface area contributed by atoms with Gasteiger partial charge in [0.1, 0.15) is 0 Å². The molecule has 3 nitrogen and oxygen atoms in total. The first-order chi connectivity index (χ1) is 9.56. The highest BCUT2D eigenvalue weighted by molar-refractivity contribution is 5.16. The van der Waals surface area contributed by atoms with Crippen LogP contribution in [-0.4, -0.2) is 41.3 Å². The molecule has 3 N–H and O–H groups in total. The predicted octanol–water partition coefficient (Wildman–Crippen LogP) is 2.04. The molecule has 1 aromatic rings. The van der Waals surface area contributed by atoms with Crippen molar-refractivity contribution in [2.24, 2.45) is 11.7 Å². The van der Waals surface area contributed by atoms with Crippen LogP contribution in [0.3, 0.4) is 0 Å². The Bertz CT molecular complexity index is 389. The van der Waals surface area contributed by atoms with E-state index in [4.69, 9.17) is 5.73 Å². The normalized spacial score (nSPS) is 18.5. The number of aliphatic hydroxyl groups is 1. The summed E-state index contributed by atoms with van der Waals surface area (Å²) in [4.78, 5) is 2.42. The molecule has 3 heteroatoms. The first-order valence-corrected chi connectivity index (χ1v) is 7.78. The maximum atomic E-state index is 10.4. The Morgan fingerprint density at radius 2 is 1.85 bits per heavy atom. The quantitative estimate of drug-likeness (QED) is 0.764. The summed E-state index contributed by atoms with van der Waals surface area (Å²) in [5, 5.41) is 10.4. The van der Waals surface area contributed by atoms with Gasteiger partial charge in [-0.3, -0.25) is 4.90 Å². The third-order valence-electron chi connectivity index (χ3n) is 3.89. The van der Waals surface area contributed by atoms with Gasteiger partial charge in [0, 0.05) is 25.2 Å². The highest BCUT2D eigenvalue weighted by atomic mass is 16.3. The number of hydrogen-bond donors (Lipinski definition) is 2. The standard InChI is InChI=1S/C17H28N2O/c1-13(2)11-19(15-8-9-15)12-17(20)16(18)10-14-6-4-3-5-7-14/h3-7,13,15-17,20H,8-12,18H2,1-2H3. The second kappa shape index (κ2) is 7.21. The summed E-state index contributed by atoms with van der Waals surface area (Å²) in [6, 6.07) is 10.7. The summed E-state index contributed by atoms with van der Waals surface area (Å²) in [7, 11) is 0. The number of benzene rings is 1. The highest BCUT2D eigenvalue weighted by Crippen LogP contribution is 2.27. The molecule has 0 bridgehead atoms. The van der Waals surface area contributed by atoms with E-state index in [1.807, 2.05) is 18.2 Å². The Balaban J connectivity index is 1.84. The molecule has 1 saturated carbocycles. The average Bonchev–Trinajstić information content (AvgIpc) is 3.22. The second-order valence-corrected chi connectivity index (χ2v) is 6.50. The van der Waals surface area contributed by atoms with E-state index in [0.717, 1.165) is 13.0 Å².